The van der Waals surface area contributed by atoms with Gasteiger partial charge in [-0.3, -0.25) is 14.6 Å². The Bertz CT molecular complexity index is 1030. The van der Waals surface area contributed by atoms with Crippen LogP contribution in [0.1, 0.15) is 18.4 Å². The maximum absolute atomic E-state index is 13.2. The standard InChI is InChI=1S/C21H19N5O2S/c1-13-18(20(28)26-15-5-3-2-4-6-15)19(14-7-9-24-10-8-14)16(11-22)21(25-13)29-12-17(23)27/h2-10,19,25H,12H2,1H3,(H2,23,27)(H,26,28). The summed E-state index contributed by atoms with van der Waals surface area (Å²) in [5.41, 5.74) is 8.06. The number of nitrogens with one attached hydrogen (secondary N) is 2. The van der Waals surface area contributed by atoms with E-state index < -0.39 is 11.8 Å². The summed E-state index contributed by atoms with van der Waals surface area (Å²) in [6.45, 7) is 1.77. The fraction of sp³-hybridized carbons (Fsp3) is 0.143. The van der Waals surface area contributed by atoms with Crippen LogP contribution in [0, 0.1) is 11.3 Å². The molecule has 7 nitrogen and oxygen atoms in total. The van der Waals surface area contributed by atoms with E-state index in [1.807, 2.05) is 18.2 Å². The van der Waals surface area contributed by atoms with Crippen molar-refractivity contribution in [1.82, 2.24) is 10.3 Å². The number of nitrogens with two attached hydrogens (primary N) is 1. The minimum Gasteiger partial charge on any atom is -0.369 e. The molecule has 0 saturated heterocycles. The number of carbonyl (C=O) groups excluding carboxylic acids is 2. The molecule has 8 heteroatoms. The summed E-state index contributed by atoms with van der Waals surface area (Å²) < 4.78 is 0. The van der Waals surface area contributed by atoms with Crippen molar-refractivity contribution < 1.29 is 9.59 Å². The second-order valence-electron chi connectivity index (χ2n) is 6.31. The van der Waals surface area contributed by atoms with Crippen molar-refractivity contribution in [3.8, 4) is 6.07 Å². The molecule has 0 fully saturated rings. The van der Waals surface area contributed by atoms with Crippen molar-refractivity contribution in [2.24, 2.45) is 5.73 Å². The summed E-state index contributed by atoms with van der Waals surface area (Å²) >= 11 is 1.15. The molecule has 29 heavy (non-hydrogen) atoms. The van der Waals surface area contributed by atoms with E-state index in [9.17, 15) is 14.9 Å². The number of benzene rings is 1. The van der Waals surface area contributed by atoms with Gasteiger partial charge in [-0.25, -0.2) is 0 Å². The first-order chi connectivity index (χ1) is 14.0. The largest absolute Gasteiger partial charge is 0.369 e. The number of allylic oxidation sites excluding steroid dienone is 2. The second-order valence-corrected chi connectivity index (χ2v) is 7.29. The summed E-state index contributed by atoms with van der Waals surface area (Å²) in [6.07, 6.45) is 3.23. The predicted octanol–water partition coefficient (Wildman–Crippen LogP) is 2.63. The minimum atomic E-state index is -0.594. The van der Waals surface area contributed by atoms with E-state index >= 15 is 0 Å². The molecule has 2 aromatic rings. The number of primary amides is 1. The Morgan fingerprint density at radius 3 is 2.55 bits per heavy atom. The molecule has 2 amide bonds. The van der Waals surface area contributed by atoms with Gasteiger partial charge in [0.1, 0.15) is 0 Å². The van der Waals surface area contributed by atoms with Gasteiger partial charge in [-0.1, -0.05) is 30.0 Å². The molecule has 1 aliphatic rings. The third-order valence-corrected chi connectivity index (χ3v) is 5.36. The van der Waals surface area contributed by atoms with Gasteiger partial charge >= 0.3 is 0 Å². The summed E-state index contributed by atoms with van der Waals surface area (Å²) in [5, 5.41) is 16.4. The molecule has 0 aliphatic carbocycles. The number of nitriles is 1. The lowest BCUT2D eigenvalue weighted by Crippen LogP contribution is -2.31. The Kier molecular flexibility index (Phi) is 6.32. The Morgan fingerprint density at radius 2 is 1.93 bits per heavy atom. The van der Waals surface area contributed by atoms with E-state index in [1.165, 1.54) is 0 Å². The van der Waals surface area contributed by atoms with Gasteiger partial charge < -0.3 is 16.4 Å². The van der Waals surface area contributed by atoms with E-state index in [0.717, 1.165) is 17.3 Å². The van der Waals surface area contributed by atoms with E-state index in [1.54, 1.807) is 43.6 Å². The van der Waals surface area contributed by atoms with E-state index in [4.69, 9.17) is 5.73 Å². The van der Waals surface area contributed by atoms with Gasteiger partial charge in [0.05, 0.1) is 28.3 Å². The number of aromatic nitrogens is 1. The number of amides is 2. The number of hydrogen-bond donors (Lipinski definition) is 3. The third-order valence-electron chi connectivity index (χ3n) is 4.32. The van der Waals surface area contributed by atoms with Crippen LogP contribution in [0.25, 0.3) is 0 Å². The Hall–Kier alpha value is -3.57. The highest BCUT2D eigenvalue weighted by Gasteiger charge is 2.34. The van der Waals surface area contributed by atoms with Crippen molar-refractivity contribution in [2.75, 3.05) is 11.1 Å². The average molecular weight is 405 g/mol. The quantitative estimate of drug-likeness (QED) is 0.679. The van der Waals surface area contributed by atoms with Gasteiger partial charge in [0, 0.05) is 29.4 Å². The lowest BCUT2D eigenvalue weighted by Gasteiger charge is -2.29. The maximum Gasteiger partial charge on any atom is 0.254 e. The summed E-state index contributed by atoms with van der Waals surface area (Å²) in [5.74, 6) is -1.37. The van der Waals surface area contributed by atoms with Crippen molar-refractivity contribution in [1.29, 1.82) is 5.26 Å². The minimum absolute atomic E-state index is 0.0232. The van der Waals surface area contributed by atoms with Crippen LogP contribution < -0.4 is 16.4 Å². The molecule has 0 spiro atoms. The zero-order valence-electron chi connectivity index (χ0n) is 15.7. The summed E-state index contributed by atoms with van der Waals surface area (Å²) in [4.78, 5) is 28.4. The highest BCUT2D eigenvalue weighted by atomic mass is 32.2. The molecule has 3 rings (SSSR count). The lowest BCUT2D eigenvalue weighted by atomic mass is 9.82. The predicted molar refractivity (Wildman–Crippen MR) is 112 cm³/mol. The normalized spacial score (nSPS) is 16.1. The van der Waals surface area contributed by atoms with E-state index in [2.05, 4.69) is 21.7 Å². The van der Waals surface area contributed by atoms with Gasteiger partial charge in [-0.05, 0) is 36.8 Å². The number of rotatable bonds is 6. The van der Waals surface area contributed by atoms with Crippen molar-refractivity contribution in [3.63, 3.8) is 0 Å². The molecule has 146 valence electrons. The van der Waals surface area contributed by atoms with Crippen LogP contribution in [-0.2, 0) is 9.59 Å². The van der Waals surface area contributed by atoms with Crippen LogP contribution in [0.15, 0.2) is 76.7 Å². The first-order valence-electron chi connectivity index (χ1n) is 8.80. The first-order valence-corrected chi connectivity index (χ1v) is 9.79. The molecule has 1 aromatic heterocycles. The number of anilines is 1. The van der Waals surface area contributed by atoms with Crippen LogP contribution in [0.5, 0.6) is 0 Å². The summed E-state index contributed by atoms with van der Waals surface area (Å²) in [6, 6.07) is 14.9. The number of para-hydroxylation sites is 1. The molecule has 1 aromatic carbocycles. The molecule has 1 aliphatic heterocycles. The van der Waals surface area contributed by atoms with Crippen molar-refractivity contribution in [2.45, 2.75) is 12.8 Å². The lowest BCUT2D eigenvalue weighted by molar-refractivity contribution is -0.115. The Labute approximate surface area is 172 Å². The number of nitrogens with zero attached hydrogens (tertiary/aromatic N) is 2. The zero-order valence-corrected chi connectivity index (χ0v) is 16.5. The number of hydrogen-bond acceptors (Lipinski definition) is 6. The average Bonchev–Trinajstić information content (AvgIpc) is 2.72. The van der Waals surface area contributed by atoms with E-state index in [0.29, 0.717) is 27.6 Å². The molecule has 1 unspecified atom stereocenters. The van der Waals surface area contributed by atoms with Crippen LogP contribution in [-0.4, -0.2) is 22.6 Å². The smallest absolute Gasteiger partial charge is 0.254 e. The first kappa shape index (κ1) is 20.2. The molecule has 0 bridgehead atoms. The molecule has 4 N–H and O–H groups in total. The third kappa shape index (κ3) is 4.65. The molecular weight excluding hydrogens is 386 g/mol. The molecule has 2 heterocycles. The topological polar surface area (TPSA) is 121 Å². The van der Waals surface area contributed by atoms with Crippen molar-refractivity contribution in [3.05, 3.63) is 82.3 Å². The van der Waals surface area contributed by atoms with Crippen LogP contribution in [0.2, 0.25) is 0 Å². The van der Waals surface area contributed by atoms with Gasteiger partial charge in [-0.2, -0.15) is 5.26 Å². The zero-order chi connectivity index (χ0) is 20.8. The number of dihydropyridines is 1. The number of pyridine rings is 1. The molecule has 1 atom stereocenters. The van der Waals surface area contributed by atoms with Gasteiger partial charge in [-0.15, -0.1) is 0 Å². The highest BCUT2D eigenvalue weighted by molar-refractivity contribution is 8.03. The Balaban J connectivity index is 2.04. The molecule has 0 radical (unpaired) electrons. The monoisotopic (exact) mass is 405 g/mol. The van der Waals surface area contributed by atoms with Gasteiger partial charge in [0.25, 0.3) is 5.91 Å². The van der Waals surface area contributed by atoms with Crippen LogP contribution >= 0.6 is 11.8 Å². The van der Waals surface area contributed by atoms with E-state index in [-0.39, 0.29) is 11.7 Å². The van der Waals surface area contributed by atoms with Gasteiger partial charge in [0.15, 0.2) is 0 Å². The Morgan fingerprint density at radius 1 is 1.24 bits per heavy atom. The number of thioether (sulfide) groups is 1. The summed E-state index contributed by atoms with van der Waals surface area (Å²) in [7, 11) is 0. The molecular formula is C21H19N5O2S. The fourth-order valence-electron chi connectivity index (χ4n) is 3.08. The number of carbonyl (C=O) groups is 2. The molecule has 0 saturated carbocycles. The SMILES string of the molecule is CC1=C(C(=O)Nc2ccccc2)C(c2ccncc2)C(C#N)=C(SCC(N)=O)N1. The van der Waals surface area contributed by atoms with Crippen LogP contribution in [0.4, 0.5) is 5.69 Å². The highest BCUT2D eigenvalue weighted by Crippen LogP contribution is 2.40. The van der Waals surface area contributed by atoms with Crippen LogP contribution in [0.3, 0.4) is 0 Å². The second kappa shape index (κ2) is 9.08. The van der Waals surface area contributed by atoms with Gasteiger partial charge in [0.2, 0.25) is 5.91 Å². The fourth-order valence-corrected chi connectivity index (χ4v) is 3.91. The van der Waals surface area contributed by atoms with Crippen molar-refractivity contribution >= 4 is 29.3 Å². The maximum atomic E-state index is 13.2.